The summed E-state index contributed by atoms with van der Waals surface area (Å²) in [5.74, 6) is 0. The number of carboxylic acid groups (broad SMARTS) is 1. The van der Waals surface area contributed by atoms with Crippen molar-refractivity contribution in [3.8, 4) is 11.1 Å². The molecule has 0 radical (unpaired) electrons. The summed E-state index contributed by atoms with van der Waals surface area (Å²) in [6, 6.07) is 16.9. The van der Waals surface area contributed by atoms with Crippen LogP contribution in [0.15, 0.2) is 48.5 Å². The van der Waals surface area contributed by atoms with E-state index in [2.05, 4.69) is 41.3 Å². The van der Waals surface area contributed by atoms with E-state index in [1.807, 2.05) is 19.1 Å². The molecule has 0 spiro atoms. The first-order chi connectivity index (χ1) is 12.1. The summed E-state index contributed by atoms with van der Waals surface area (Å²) in [4.78, 5) is 15.0. The van der Waals surface area contributed by atoms with Gasteiger partial charge in [-0.3, -0.25) is 4.90 Å². The molecule has 0 saturated carbocycles. The largest absolute Gasteiger partial charge is 0.465 e. The van der Waals surface area contributed by atoms with Gasteiger partial charge in [-0.1, -0.05) is 36.4 Å². The highest BCUT2D eigenvalue weighted by molar-refractivity contribution is 5.66. The van der Waals surface area contributed by atoms with Crippen LogP contribution in [-0.2, 0) is 13.1 Å². The number of benzene rings is 2. The third kappa shape index (κ3) is 4.18. The number of piperazine rings is 1. The summed E-state index contributed by atoms with van der Waals surface area (Å²) in [6.07, 6.45) is -0.825. The Hall–Kier alpha value is -2.37. The Morgan fingerprint density at radius 1 is 1.12 bits per heavy atom. The minimum Gasteiger partial charge on any atom is -0.465 e. The van der Waals surface area contributed by atoms with E-state index in [0.717, 1.165) is 25.2 Å². The molecular formula is C20H25N3O2. The molecule has 1 amide bonds. The van der Waals surface area contributed by atoms with Crippen LogP contribution in [0.5, 0.6) is 0 Å². The number of nitrogens with zero attached hydrogens (tertiary/aromatic N) is 2. The van der Waals surface area contributed by atoms with E-state index in [1.54, 1.807) is 0 Å². The third-order valence-corrected chi connectivity index (χ3v) is 4.79. The molecule has 2 aromatic rings. The van der Waals surface area contributed by atoms with E-state index in [1.165, 1.54) is 21.6 Å². The lowest BCUT2D eigenvalue weighted by Crippen LogP contribution is -2.53. The standard InChI is InChI=1S/C20H25N3O2/c1-15-13-22(8-9-23(15)20(24)25)14-17-5-3-7-19(11-17)18-6-2-4-16(10-18)12-21/h2-7,10-11,15H,8-9,12-14,21H2,1H3,(H,24,25)/t15-/m0/s1. The van der Waals surface area contributed by atoms with Crippen molar-refractivity contribution in [3.05, 3.63) is 59.7 Å². The maximum absolute atomic E-state index is 11.2. The van der Waals surface area contributed by atoms with Crippen molar-refractivity contribution >= 4 is 6.09 Å². The highest BCUT2D eigenvalue weighted by atomic mass is 16.4. The number of carbonyl (C=O) groups is 1. The van der Waals surface area contributed by atoms with Crippen LogP contribution in [0.2, 0.25) is 0 Å². The third-order valence-electron chi connectivity index (χ3n) is 4.79. The van der Waals surface area contributed by atoms with Crippen LogP contribution in [-0.4, -0.2) is 46.7 Å². The summed E-state index contributed by atoms with van der Waals surface area (Å²) >= 11 is 0. The van der Waals surface area contributed by atoms with Crippen LogP contribution >= 0.6 is 0 Å². The highest BCUT2D eigenvalue weighted by Crippen LogP contribution is 2.23. The molecule has 0 unspecified atom stereocenters. The van der Waals surface area contributed by atoms with Gasteiger partial charge in [0.05, 0.1) is 0 Å². The van der Waals surface area contributed by atoms with E-state index in [4.69, 9.17) is 5.73 Å². The SMILES string of the molecule is C[C@H]1CN(Cc2cccc(-c3cccc(CN)c3)c2)CCN1C(=O)O. The van der Waals surface area contributed by atoms with Crippen LogP contribution in [0.4, 0.5) is 4.79 Å². The molecule has 1 fully saturated rings. The molecule has 5 heteroatoms. The lowest BCUT2D eigenvalue weighted by atomic mass is 10.0. The van der Waals surface area contributed by atoms with Crippen LogP contribution in [0.3, 0.4) is 0 Å². The van der Waals surface area contributed by atoms with Gasteiger partial charge in [0, 0.05) is 38.8 Å². The van der Waals surface area contributed by atoms with Gasteiger partial charge in [-0.25, -0.2) is 4.79 Å². The number of amides is 1. The van der Waals surface area contributed by atoms with Crippen LogP contribution < -0.4 is 5.73 Å². The molecular weight excluding hydrogens is 314 g/mol. The molecule has 1 saturated heterocycles. The maximum atomic E-state index is 11.2. The number of nitrogens with two attached hydrogens (primary N) is 1. The van der Waals surface area contributed by atoms with E-state index in [0.29, 0.717) is 13.1 Å². The topological polar surface area (TPSA) is 69.8 Å². The molecule has 0 aromatic heterocycles. The van der Waals surface area contributed by atoms with Crippen molar-refractivity contribution in [3.63, 3.8) is 0 Å². The number of rotatable bonds is 4. The smallest absolute Gasteiger partial charge is 0.407 e. The number of hydrogen-bond acceptors (Lipinski definition) is 3. The van der Waals surface area contributed by atoms with Crippen molar-refractivity contribution in [2.75, 3.05) is 19.6 Å². The Bertz CT molecular complexity index is 747. The first-order valence-corrected chi connectivity index (χ1v) is 8.67. The predicted molar refractivity (Wildman–Crippen MR) is 99.2 cm³/mol. The minimum atomic E-state index is -0.825. The summed E-state index contributed by atoms with van der Waals surface area (Å²) in [6.45, 7) is 5.44. The van der Waals surface area contributed by atoms with E-state index < -0.39 is 6.09 Å². The number of hydrogen-bond donors (Lipinski definition) is 2. The normalized spacial score (nSPS) is 18.3. The Kier molecular flexibility index (Phi) is 5.36. The second-order valence-electron chi connectivity index (χ2n) is 6.66. The van der Waals surface area contributed by atoms with Crippen LogP contribution in [0.25, 0.3) is 11.1 Å². The summed E-state index contributed by atoms with van der Waals surface area (Å²) in [5, 5.41) is 9.19. The molecule has 132 valence electrons. The Balaban J connectivity index is 1.71. The van der Waals surface area contributed by atoms with E-state index in [9.17, 15) is 9.90 Å². The molecule has 3 N–H and O–H groups in total. The highest BCUT2D eigenvalue weighted by Gasteiger charge is 2.26. The second kappa shape index (κ2) is 7.68. The van der Waals surface area contributed by atoms with Gasteiger partial charge in [0.1, 0.15) is 0 Å². The van der Waals surface area contributed by atoms with Crippen molar-refractivity contribution in [2.45, 2.75) is 26.1 Å². The van der Waals surface area contributed by atoms with Gasteiger partial charge in [0.15, 0.2) is 0 Å². The zero-order chi connectivity index (χ0) is 17.8. The molecule has 3 rings (SSSR count). The van der Waals surface area contributed by atoms with Gasteiger partial charge in [-0.15, -0.1) is 0 Å². The van der Waals surface area contributed by atoms with E-state index in [-0.39, 0.29) is 6.04 Å². The van der Waals surface area contributed by atoms with Crippen LogP contribution in [0.1, 0.15) is 18.1 Å². The first kappa shape index (κ1) is 17.5. The summed E-state index contributed by atoms with van der Waals surface area (Å²) in [7, 11) is 0. The molecule has 5 nitrogen and oxygen atoms in total. The van der Waals surface area contributed by atoms with Gasteiger partial charge in [0.25, 0.3) is 0 Å². The fourth-order valence-corrected chi connectivity index (χ4v) is 3.45. The van der Waals surface area contributed by atoms with Crippen LogP contribution in [0, 0.1) is 0 Å². The summed E-state index contributed by atoms with van der Waals surface area (Å²) in [5.41, 5.74) is 10.5. The monoisotopic (exact) mass is 339 g/mol. The van der Waals surface area contributed by atoms with Crippen molar-refractivity contribution in [1.82, 2.24) is 9.80 Å². The lowest BCUT2D eigenvalue weighted by Gasteiger charge is -2.38. The van der Waals surface area contributed by atoms with Gasteiger partial charge >= 0.3 is 6.09 Å². The minimum absolute atomic E-state index is 0.0238. The molecule has 1 aliphatic rings. The molecule has 2 aromatic carbocycles. The zero-order valence-corrected chi connectivity index (χ0v) is 14.6. The average molecular weight is 339 g/mol. The Morgan fingerprint density at radius 3 is 2.36 bits per heavy atom. The fourth-order valence-electron chi connectivity index (χ4n) is 3.45. The predicted octanol–water partition coefficient (Wildman–Crippen LogP) is 3.00. The maximum Gasteiger partial charge on any atom is 0.407 e. The Labute approximate surface area is 148 Å². The zero-order valence-electron chi connectivity index (χ0n) is 14.6. The average Bonchev–Trinajstić information content (AvgIpc) is 2.62. The quantitative estimate of drug-likeness (QED) is 0.898. The van der Waals surface area contributed by atoms with Gasteiger partial charge in [-0.2, -0.15) is 0 Å². The lowest BCUT2D eigenvalue weighted by molar-refractivity contribution is 0.0711. The fraction of sp³-hybridized carbons (Fsp3) is 0.350. The van der Waals surface area contributed by atoms with E-state index >= 15 is 0 Å². The van der Waals surface area contributed by atoms with Gasteiger partial charge in [-0.05, 0) is 41.3 Å². The van der Waals surface area contributed by atoms with Gasteiger partial charge in [0.2, 0.25) is 0 Å². The van der Waals surface area contributed by atoms with Gasteiger partial charge < -0.3 is 15.7 Å². The Morgan fingerprint density at radius 2 is 1.76 bits per heavy atom. The molecule has 1 atom stereocenters. The van der Waals surface area contributed by atoms with Crippen molar-refractivity contribution in [1.29, 1.82) is 0 Å². The summed E-state index contributed by atoms with van der Waals surface area (Å²) < 4.78 is 0. The molecule has 0 bridgehead atoms. The first-order valence-electron chi connectivity index (χ1n) is 8.67. The van der Waals surface area contributed by atoms with Crippen molar-refractivity contribution in [2.24, 2.45) is 5.73 Å². The molecule has 0 aliphatic carbocycles. The van der Waals surface area contributed by atoms with Crippen molar-refractivity contribution < 1.29 is 9.90 Å². The molecule has 25 heavy (non-hydrogen) atoms. The molecule has 1 heterocycles. The second-order valence-corrected chi connectivity index (χ2v) is 6.66. The molecule has 1 aliphatic heterocycles.